The van der Waals surface area contributed by atoms with E-state index in [1.54, 1.807) is 11.9 Å². The molecule has 0 radical (unpaired) electrons. The van der Waals surface area contributed by atoms with E-state index < -0.39 is 0 Å². The lowest BCUT2D eigenvalue weighted by Crippen LogP contribution is -2.35. The van der Waals surface area contributed by atoms with Crippen molar-refractivity contribution < 1.29 is 9.53 Å². The monoisotopic (exact) mass is 224 g/mol. The summed E-state index contributed by atoms with van der Waals surface area (Å²) >= 11 is 0. The number of amides is 1. The van der Waals surface area contributed by atoms with Gasteiger partial charge in [-0.25, -0.2) is 0 Å². The number of aromatic amines is 1. The first-order valence-corrected chi connectivity index (χ1v) is 5.46. The largest absolute Gasteiger partial charge is 0.381 e. The van der Waals surface area contributed by atoms with Crippen LogP contribution < -0.4 is 0 Å². The third-order valence-electron chi connectivity index (χ3n) is 2.77. The van der Waals surface area contributed by atoms with Crippen LogP contribution in [0, 0.1) is 5.92 Å². The first kappa shape index (κ1) is 11.1. The molecule has 6 heteroatoms. The second kappa shape index (κ2) is 5.07. The van der Waals surface area contributed by atoms with E-state index in [9.17, 15) is 4.79 Å². The minimum atomic E-state index is -0.0978. The maximum absolute atomic E-state index is 11.8. The van der Waals surface area contributed by atoms with Crippen molar-refractivity contribution in [3.8, 4) is 0 Å². The van der Waals surface area contributed by atoms with Gasteiger partial charge in [-0.15, -0.1) is 0 Å². The molecule has 1 saturated heterocycles. The Labute approximate surface area is 94.0 Å². The fraction of sp³-hybridized carbons (Fsp3) is 0.700. The summed E-state index contributed by atoms with van der Waals surface area (Å²) in [5.41, 5.74) is 0.360. The number of carbonyl (C=O) groups excluding carboxylic acids is 1. The highest BCUT2D eigenvalue weighted by Crippen LogP contribution is 2.15. The number of rotatable bonds is 3. The molecule has 1 unspecified atom stereocenters. The molecule has 0 aromatic carbocycles. The van der Waals surface area contributed by atoms with Gasteiger partial charge in [0.1, 0.15) is 0 Å². The highest BCUT2D eigenvalue weighted by molar-refractivity contribution is 5.91. The molecule has 0 aliphatic carbocycles. The normalized spacial score (nSPS) is 20.7. The van der Waals surface area contributed by atoms with Crippen LogP contribution in [0.2, 0.25) is 0 Å². The molecule has 1 aliphatic rings. The lowest BCUT2D eigenvalue weighted by molar-refractivity contribution is 0.0387. The van der Waals surface area contributed by atoms with Crippen LogP contribution in [-0.2, 0) is 4.74 Å². The number of carbonyl (C=O) groups is 1. The molecule has 2 rings (SSSR count). The Morgan fingerprint density at radius 3 is 3.25 bits per heavy atom. The number of H-pyrrole nitrogens is 1. The zero-order chi connectivity index (χ0) is 11.4. The molecule has 1 amide bonds. The predicted octanol–water partition coefficient (Wildman–Crippen LogP) is 0.303. The van der Waals surface area contributed by atoms with Crippen LogP contribution in [0.3, 0.4) is 0 Å². The van der Waals surface area contributed by atoms with Crippen molar-refractivity contribution in [2.75, 3.05) is 26.8 Å². The lowest BCUT2D eigenvalue weighted by Gasteiger charge is -2.26. The van der Waals surface area contributed by atoms with Crippen molar-refractivity contribution in [2.24, 2.45) is 5.92 Å². The van der Waals surface area contributed by atoms with Crippen LogP contribution in [-0.4, -0.2) is 53.0 Å². The highest BCUT2D eigenvalue weighted by Gasteiger charge is 2.20. The third-order valence-corrected chi connectivity index (χ3v) is 2.77. The number of aromatic nitrogens is 3. The van der Waals surface area contributed by atoms with E-state index in [0.29, 0.717) is 18.2 Å². The molecule has 0 spiro atoms. The van der Waals surface area contributed by atoms with Crippen LogP contribution >= 0.6 is 0 Å². The van der Waals surface area contributed by atoms with E-state index in [2.05, 4.69) is 15.4 Å². The Kier molecular flexibility index (Phi) is 3.51. The molecule has 1 N–H and O–H groups in total. The maximum atomic E-state index is 11.8. The summed E-state index contributed by atoms with van der Waals surface area (Å²) in [4.78, 5) is 13.5. The quantitative estimate of drug-likeness (QED) is 0.801. The maximum Gasteiger partial charge on any atom is 0.275 e. The van der Waals surface area contributed by atoms with Gasteiger partial charge in [0.15, 0.2) is 5.69 Å². The smallest absolute Gasteiger partial charge is 0.275 e. The topological polar surface area (TPSA) is 71.1 Å². The number of hydrogen-bond donors (Lipinski definition) is 1. The van der Waals surface area contributed by atoms with Gasteiger partial charge in [-0.05, 0) is 18.8 Å². The van der Waals surface area contributed by atoms with Gasteiger partial charge in [-0.1, -0.05) is 0 Å². The molecule has 0 bridgehead atoms. The van der Waals surface area contributed by atoms with Gasteiger partial charge in [-0.2, -0.15) is 15.4 Å². The average molecular weight is 224 g/mol. The van der Waals surface area contributed by atoms with Crippen LogP contribution in [0.1, 0.15) is 23.3 Å². The van der Waals surface area contributed by atoms with Crippen LogP contribution in [0.25, 0.3) is 0 Å². The fourth-order valence-corrected chi connectivity index (χ4v) is 1.92. The van der Waals surface area contributed by atoms with Gasteiger partial charge in [-0.3, -0.25) is 4.79 Å². The number of ether oxygens (including phenoxy) is 1. The average Bonchev–Trinajstić information content (AvgIpc) is 2.83. The van der Waals surface area contributed by atoms with Gasteiger partial charge in [0, 0.05) is 20.2 Å². The SMILES string of the molecule is CN(CC1CCCOC1)C(=O)c1cn[nH]n1. The molecule has 16 heavy (non-hydrogen) atoms. The second-order valence-corrected chi connectivity index (χ2v) is 4.12. The molecule has 1 aromatic heterocycles. The summed E-state index contributed by atoms with van der Waals surface area (Å²) in [5.74, 6) is 0.342. The third kappa shape index (κ3) is 2.57. The Bertz CT molecular complexity index is 333. The van der Waals surface area contributed by atoms with E-state index >= 15 is 0 Å². The van der Waals surface area contributed by atoms with E-state index in [-0.39, 0.29) is 5.91 Å². The van der Waals surface area contributed by atoms with Gasteiger partial charge in [0.2, 0.25) is 0 Å². The van der Waals surface area contributed by atoms with Crippen molar-refractivity contribution >= 4 is 5.91 Å². The standard InChI is InChI=1S/C10H16N4O2/c1-14(6-8-3-2-4-16-7-8)10(15)9-5-11-13-12-9/h5,8H,2-4,6-7H2,1H3,(H,11,12,13). The molecule has 1 aliphatic heterocycles. The molecule has 6 nitrogen and oxygen atoms in total. The molecule has 2 heterocycles. The molecular weight excluding hydrogens is 208 g/mol. The van der Waals surface area contributed by atoms with Gasteiger partial charge < -0.3 is 9.64 Å². The van der Waals surface area contributed by atoms with Gasteiger partial charge in [0.25, 0.3) is 5.91 Å². The number of nitrogens with zero attached hydrogens (tertiary/aromatic N) is 3. The van der Waals surface area contributed by atoms with Crippen LogP contribution in [0.15, 0.2) is 6.20 Å². The molecule has 0 saturated carbocycles. The number of hydrogen-bond acceptors (Lipinski definition) is 4. The van der Waals surface area contributed by atoms with Gasteiger partial charge >= 0.3 is 0 Å². The van der Waals surface area contributed by atoms with E-state index in [1.165, 1.54) is 6.20 Å². The molecular formula is C10H16N4O2. The van der Waals surface area contributed by atoms with Crippen molar-refractivity contribution in [2.45, 2.75) is 12.8 Å². The molecule has 1 fully saturated rings. The minimum absolute atomic E-state index is 0.0978. The van der Waals surface area contributed by atoms with Crippen molar-refractivity contribution in [1.82, 2.24) is 20.3 Å². The van der Waals surface area contributed by atoms with Crippen molar-refractivity contribution in [3.05, 3.63) is 11.9 Å². The summed E-state index contributed by atoms with van der Waals surface area (Å²) in [5, 5.41) is 9.83. The number of nitrogens with one attached hydrogen (secondary N) is 1. The Morgan fingerprint density at radius 2 is 2.62 bits per heavy atom. The molecule has 1 atom stereocenters. The van der Waals surface area contributed by atoms with E-state index in [0.717, 1.165) is 26.1 Å². The Balaban J connectivity index is 1.87. The molecule has 1 aromatic rings. The first-order chi connectivity index (χ1) is 7.77. The van der Waals surface area contributed by atoms with Crippen molar-refractivity contribution in [1.29, 1.82) is 0 Å². The fourth-order valence-electron chi connectivity index (χ4n) is 1.92. The van der Waals surface area contributed by atoms with E-state index in [1.807, 2.05) is 0 Å². The van der Waals surface area contributed by atoms with Crippen molar-refractivity contribution in [3.63, 3.8) is 0 Å². The Hall–Kier alpha value is -1.43. The highest BCUT2D eigenvalue weighted by atomic mass is 16.5. The summed E-state index contributed by atoms with van der Waals surface area (Å²) in [6.07, 6.45) is 3.64. The van der Waals surface area contributed by atoms with Crippen LogP contribution in [0.5, 0.6) is 0 Å². The summed E-state index contributed by atoms with van der Waals surface area (Å²) in [6.45, 7) is 2.31. The summed E-state index contributed by atoms with van der Waals surface area (Å²) < 4.78 is 5.38. The zero-order valence-corrected chi connectivity index (χ0v) is 9.35. The summed E-state index contributed by atoms with van der Waals surface area (Å²) in [6, 6.07) is 0. The van der Waals surface area contributed by atoms with Gasteiger partial charge in [0.05, 0.1) is 12.8 Å². The second-order valence-electron chi connectivity index (χ2n) is 4.12. The zero-order valence-electron chi connectivity index (χ0n) is 9.35. The molecule has 88 valence electrons. The van der Waals surface area contributed by atoms with E-state index in [4.69, 9.17) is 4.74 Å². The minimum Gasteiger partial charge on any atom is -0.381 e. The predicted molar refractivity (Wildman–Crippen MR) is 56.9 cm³/mol. The Morgan fingerprint density at radius 1 is 1.75 bits per heavy atom. The lowest BCUT2D eigenvalue weighted by atomic mass is 10.0. The first-order valence-electron chi connectivity index (χ1n) is 5.46. The summed E-state index contributed by atoms with van der Waals surface area (Å²) in [7, 11) is 1.78. The van der Waals surface area contributed by atoms with Crippen LogP contribution in [0.4, 0.5) is 0 Å².